The molecule has 0 bridgehead atoms. The lowest BCUT2D eigenvalue weighted by molar-refractivity contribution is 0.591. The van der Waals surface area contributed by atoms with E-state index >= 15 is 0 Å². The van der Waals surface area contributed by atoms with Crippen molar-refractivity contribution in [1.29, 1.82) is 0 Å². The number of benzene rings is 3. The fourth-order valence-corrected chi connectivity index (χ4v) is 2.39. The Hall–Kier alpha value is -1.82. The topological polar surface area (TPSA) is 0 Å². The van der Waals surface area contributed by atoms with Crippen LogP contribution in [0.15, 0.2) is 54.6 Å². The summed E-state index contributed by atoms with van der Waals surface area (Å²) in [5, 5.41) is 4.60. The van der Waals surface area contributed by atoms with Crippen LogP contribution in [0.5, 0.6) is 0 Å². The number of hydrogen-bond donors (Lipinski definition) is 0. The Labute approximate surface area is 110 Å². The minimum Gasteiger partial charge on any atom is -0.0616 e. The van der Waals surface area contributed by atoms with Gasteiger partial charge in [0.2, 0.25) is 0 Å². The van der Waals surface area contributed by atoms with E-state index in [0.29, 0.717) is 6.04 Å². The van der Waals surface area contributed by atoms with Gasteiger partial charge in [0.15, 0.2) is 0 Å². The molecule has 0 radical (unpaired) electrons. The molecule has 0 aliphatic carbocycles. The molecule has 0 aliphatic heterocycles. The molecule has 0 heterocycles. The first kappa shape index (κ1) is 10.1. The van der Waals surface area contributed by atoms with Crippen molar-refractivity contribution in [2.75, 3.05) is 0 Å². The van der Waals surface area contributed by atoms with Gasteiger partial charge in [0.05, 0.1) is 1.37 Å². The largest absolute Gasteiger partial charge is 0.0629 e. The molecule has 0 aliphatic rings. The lowest BCUT2D eigenvalue weighted by Crippen LogP contribution is -2.10. The SMILES string of the molecule is [2H]c1cc2cc(C(C)(C)C)ccc2c2ccccc12. The van der Waals surface area contributed by atoms with Crippen molar-refractivity contribution in [3.8, 4) is 0 Å². The minimum atomic E-state index is 0.141. The normalized spacial score (nSPS) is 12.9. The van der Waals surface area contributed by atoms with Crippen LogP contribution >= 0.6 is 0 Å². The van der Waals surface area contributed by atoms with E-state index in [9.17, 15) is 0 Å². The summed E-state index contributed by atoms with van der Waals surface area (Å²) in [6, 6.07) is 17.4. The summed E-state index contributed by atoms with van der Waals surface area (Å²) in [4.78, 5) is 0. The molecular formula is C18H18. The van der Waals surface area contributed by atoms with Crippen LogP contribution in [0, 0.1) is 0 Å². The van der Waals surface area contributed by atoms with Gasteiger partial charge in [-0.1, -0.05) is 75.3 Å². The van der Waals surface area contributed by atoms with Crippen LogP contribution in [0.1, 0.15) is 27.7 Å². The Kier molecular flexibility index (Phi) is 2.16. The average Bonchev–Trinajstić information content (AvgIpc) is 2.37. The van der Waals surface area contributed by atoms with Crippen LogP contribution in [-0.4, -0.2) is 0 Å². The summed E-state index contributed by atoms with van der Waals surface area (Å²) in [5.74, 6) is 0. The lowest BCUT2D eigenvalue weighted by atomic mass is 9.85. The van der Waals surface area contributed by atoms with Gasteiger partial charge in [-0.25, -0.2) is 0 Å². The van der Waals surface area contributed by atoms with E-state index in [-0.39, 0.29) is 5.41 Å². The van der Waals surface area contributed by atoms with Gasteiger partial charge in [-0.05, 0) is 32.5 Å². The highest BCUT2D eigenvalue weighted by molar-refractivity contribution is 6.07. The Morgan fingerprint density at radius 3 is 2.33 bits per heavy atom. The van der Waals surface area contributed by atoms with Crippen LogP contribution in [-0.2, 0) is 5.41 Å². The molecule has 3 aromatic carbocycles. The second-order valence-corrected chi connectivity index (χ2v) is 5.89. The van der Waals surface area contributed by atoms with Crippen molar-refractivity contribution in [1.82, 2.24) is 0 Å². The standard InChI is InChI=1S/C18H18/c1-18(2,3)15-10-11-17-14(12-15)9-8-13-6-4-5-7-16(13)17/h4-12H,1-3H3/i8D. The summed E-state index contributed by atoms with van der Waals surface area (Å²) < 4.78 is 8.17. The summed E-state index contributed by atoms with van der Waals surface area (Å²) in [7, 11) is 0. The average molecular weight is 235 g/mol. The van der Waals surface area contributed by atoms with Crippen molar-refractivity contribution in [3.05, 3.63) is 60.1 Å². The molecular weight excluding hydrogens is 216 g/mol. The molecule has 0 spiro atoms. The van der Waals surface area contributed by atoms with Crippen molar-refractivity contribution >= 4 is 21.5 Å². The third-order valence-corrected chi connectivity index (χ3v) is 3.52. The van der Waals surface area contributed by atoms with Gasteiger partial charge in [-0.3, -0.25) is 0 Å². The lowest BCUT2D eigenvalue weighted by Gasteiger charge is -2.19. The Balaban J connectivity index is 2.40. The fourth-order valence-electron chi connectivity index (χ4n) is 2.39. The third-order valence-electron chi connectivity index (χ3n) is 3.52. The molecule has 0 amide bonds. The van der Waals surface area contributed by atoms with Crippen LogP contribution < -0.4 is 0 Å². The quantitative estimate of drug-likeness (QED) is 0.464. The van der Waals surface area contributed by atoms with Crippen LogP contribution in [0.4, 0.5) is 0 Å². The summed E-state index contributed by atoms with van der Waals surface area (Å²) in [6.45, 7) is 6.66. The number of hydrogen-bond acceptors (Lipinski definition) is 0. The molecule has 3 aromatic rings. The van der Waals surface area contributed by atoms with Crippen LogP contribution in [0.2, 0.25) is 0 Å². The summed E-state index contributed by atoms with van der Waals surface area (Å²) in [5.41, 5.74) is 1.46. The van der Waals surface area contributed by atoms with Gasteiger partial charge in [-0.15, -0.1) is 0 Å². The molecule has 0 heteroatoms. The number of fused-ring (bicyclic) bond motifs is 3. The van der Waals surface area contributed by atoms with E-state index in [2.05, 4.69) is 45.0 Å². The van der Waals surface area contributed by atoms with Gasteiger partial charge in [0, 0.05) is 0 Å². The molecule has 0 saturated carbocycles. The van der Waals surface area contributed by atoms with Gasteiger partial charge in [0.1, 0.15) is 0 Å². The molecule has 3 rings (SSSR count). The molecule has 0 fully saturated rings. The van der Waals surface area contributed by atoms with E-state index < -0.39 is 0 Å². The molecule has 0 aromatic heterocycles. The van der Waals surface area contributed by atoms with Gasteiger partial charge in [-0.2, -0.15) is 0 Å². The van der Waals surface area contributed by atoms with Crippen molar-refractivity contribution in [2.24, 2.45) is 0 Å². The van der Waals surface area contributed by atoms with Crippen molar-refractivity contribution in [2.45, 2.75) is 26.2 Å². The smallest absolute Gasteiger partial charge is 0.0616 e. The maximum absolute atomic E-state index is 8.17. The maximum atomic E-state index is 8.17. The second kappa shape index (κ2) is 3.84. The van der Waals surface area contributed by atoms with E-state index in [1.54, 1.807) is 0 Å². The van der Waals surface area contributed by atoms with E-state index in [4.69, 9.17) is 1.37 Å². The monoisotopic (exact) mass is 235 g/mol. The molecule has 0 nitrogen and oxygen atoms in total. The Bertz CT molecular complexity index is 764. The molecule has 0 N–H and O–H groups in total. The molecule has 0 atom stereocenters. The van der Waals surface area contributed by atoms with Crippen LogP contribution in [0.3, 0.4) is 0 Å². The highest BCUT2D eigenvalue weighted by Gasteiger charge is 2.13. The molecule has 0 saturated heterocycles. The zero-order valence-electron chi connectivity index (χ0n) is 12.1. The second-order valence-electron chi connectivity index (χ2n) is 5.89. The maximum Gasteiger partial charge on any atom is 0.0629 e. The third kappa shape index (κ3) is 1.78. The van der Waals surface area contributed by atoms with Gasteiger partial charge in [0.25, 0.3) is 0 Å². The van der Waals surface area contributed by atoms with Gasteiger partial charge >= 0.3 is 0 Å². The van der Waals surface area contributed by atoms with Crippen molar-refractivity contribution in [3.63, 3.8) is 0 Å². The predicted molar refractivity (Wildman–Crippen MR) is 80.2 cm³/mol. The number of rotatable bonds is 0. The van der Waals surface area contributed by atoms with E-state index in [1.165, 1.54) is 16.3 Å². The Morgan fingerprint density at radius 1 is 0.833 bits per heavy atom. The van der Waals surface area contributed by atoms with Gasteiger partial charge < -0.3 is 0 Å². The highest BCUT2D eigenvalue weighted by atomic mass is 14.2. The highest BCUT2D eigenvalue weighted by Crippen LogP contribution is 2.30. The minimum absolute atomic E-state index is 0.141. The summed E-state index contributed by atoms with van der Waals surface area (Å²) >= 11 is 0. The summed E-state index contributed by atoms with van der Waals surface area (Å²) in [6.07, 6.45) is 0. The molecule has 90 valence electrons. The van der Waals surface area contributed by atoms with Crippen molar-refractivity contribution < 1.29 is 1.37 Å². The fraction of sp³-hybridized carbons (Fsp3) is 0.222. The first-order chi connectivity index (χ1) is 8.97. The first-order valence-corrected chi connectivity index (χ1v) is 6.39. The zero-order chi connectivity index (χ0) is 13.6. The molecule has 18 heavy (non-hydrogen) atoms. The predicted octanol–water partition coefficient (Wildman–Crippen LogP) is 5.29. The Morgan fingerprint density at radius 2 is 1.56 bits per heavy atom. The first-order valence-electron chi connectivity index (χ1n) is 6.89. The zero-order valence-corrected chi connectivity index (χ0v) is 11.1. The van der Waals surface area contributed by atoms with Crippen LogP contribution in [0.25, 0.3) is 21.5 Å². The van der Waals surface area contributed by atoms with E-state index in [0.717, 1.165) is 10.8 Å². The molecule has 0 unspecified atom stereocenters. The van der Waals surface area contributed by atoms with E-state index in [1.807, 2.05) is 24.3 Å².